The van der Waals surface area contributed by atoms with Crippen LogP contribution in [0.3, 0.4) is 0 Å². The number of imide groups is 1. The molecule has 3 fully saturated rings. The molecule has 0 radical (unpaired) electrons. The summed E-state index contributed by atoms with van der Waals surface area (Å²) in [4.78, 5) is 38.5. The van der Waals surface area contributed by atoms with Crippen molar-refractivity contribution in [2.24, 2.45) is 17.8 Å². The van der Waals surface area contributed by atoms with Crippen molar-refractivity contribution in [1.29, 1.82) is 0 Å². The van der Waals surface area contributed by atoms with Crippen molar-refractivity contribution < 1.29 is 14.4 Å². The van der Waals surface area contributed by atoms with Crippen LogP contribution >= 0.6 is 11.8 Å². The molecule has 27 heavy (non-hydrogen) atoms. The molecule has 5 nitrogen and oxygen atoms in total. The zero-order valence-corrected chi connectivity index (χ0v) is 16.0. The zero-order valence-electron chi connectivity index (χ0n) is 15.2. The summed E-state index contributed by atoms with van der Waals surface area (Å²) < 4.78 is 0. The third kappa shape index (κ3) is 4.10. The van der Waals surface area contributed by atoms with Gasteiger partial charge in [-0.3, -0.25) is 19.3 Å². The fraction of sp³-hybridized carbons (Fsp3) is 0.476. The van der Waals surface area contributed by atoms with Gasteiger partial charge in [0.2, 0.25) is 5.91 Å². The van der Waals surface area contributed by atoms with Crippen LogP contribution in [0.25, 0.3) is 6.08 Å². The van der Waals surface area contributed by atoms with E-state index in [0.717, 1.165) is 29.2 Å². The van der Waals surface area contributed by atoms with Crippen LogP contribution in [-0.2, 0) is 9.59 Å². The highest BCUT2D eigenvalue weighted by atomic mass is 32.2. The summed E-state index contributed by atoms with van der Waals surface area (Å²) in [5, 5.41) is 2.61. The molecule has 2 saturated carbocycles. The van der Waals surface area contributed by atoms with Crippen LogP contribution in [0.1, 0.15) is 37.7 Å². The summed E-state index contributed by atoms with van der Waals surface area (Å²) in [5.74, 6) is 1.84. The second kappa shape index (κ2) is 7.89. The van der Waals surface area contributed by atoms with E-state index in [1.807, 2.05) is 30.3 Å². The quantitative estimate of drug-likeness (QED) is 0.760. The number of thioether (sulfide) groups is 1. The van der Waals surface area contributed by atoms with E-state index < -0.39 is 0 Å². The summed E-state index contributed by atoms with van der Waals surface area (Å²) in [5.41, 5.74) is 0.891. The predicted molar refractivity (Wildman–Crippen MR) is 106 cm³/mol. The minimum atomic E-state index is -0.281. The Morgan fingerprint density at radius 1 is 1.19 bits per heavy atom. The molecule has 0 aromatic heterocycles. The van der Waals surface area contributed by atoms with Gasteiger partial charge in [0.15, 0.2) is 0 Å². The Morgan fingerprint density at radius 2 is 2.00 bits per heavy atom. The number of benzene rings is 1. The number of amides is 3. The lowest BCUT2D eigenvalue weighted by Gasteiger charge is -2.21. The maximum absolute atomic E-state index is 12.5. The number of fused-ring (bicyclic) bond motifs is 2. The number of hydrogen-bond donors (Lipinski definition) is 1. The summed E-state index contributed by atoms with van der Waals surface area (Å²) in [6, 6.07) is 9.47. The van der Waals surface area contributed by atoms with Gasteiger partial charge in [0, 0.05) is 19.5 Å². The highest BCUT2D eigenvalue weighted by Crippen LogP contribution is 2.49. The molecule has 142 valence electrons. The van der Waals surface area contributed by atoms with Crippen molar-refractivity contribution in [2.75, 3.05) is 13.1 Å². The predicted octanol–water partition coefficient (Wildman–Crippen LogP) is 3.67. The van der Waals surface area contributed by atoms with Crippen molar-refractivity contribution in [3.05, 3.63) is 40.8 Å². The van der Waals surface area contributed by atoms with Gasteiger partial charge < -0.3 is 5.32 Å². The lowest BCUT2D eigenvalue weighted by molar-refractivity contribution is -0.124. The first-order chi connectivity index (χ1) is 13.1. The Labute approximate surface area is 163 Å². The van der Waals surface area contributed by atoms with E-state index in [1.165, 1.54) is 30.6 Å². The van der Waals surface area contributed by atoms with Gasteiger partial charge in [0.05, 0.1) is 4.91 Å². The molecular weight excluding hydrogens is 360 g/mol. The van der Waals surface area contributed by atoms with Crippen molar-refractivity contribution in [1.82, 2.24) is 10.2 Å². The van der Waals surface area contributed by atoms with Crippen molar-refractivity contribution in [2.45, 2.75) is 32.1 Å². The van der Waals surface area contributed by atoms with E-state index in [-0.39, 0.29) is 23.6 Å². The van der Waals surface area contributed by atoms with Crippen molar-refractivity contribution in [3.8, 4) is 0 Å². The van der Waals surface area contributed by atoms with Crippen LogP contribution in [0.5, 0.6) is 0 Å². The Hall–Kier alpha value is -2.08. The van der Waals surface area contributed by atoms with E-state index in [1.54, 1.807) is 6.08 Å². The molecule has 3 aliphatic rings. The lowest BCUT2D eigenvalue weighted by atomic mass is 9.86. The molecule has 0 spiro atoms. The molecule has 2 aliphatic carbocycles. The molecule has 1 aliphatic heterocycles. The van der Waals surface area contributed by atoms with Crippen LogP contribution in [-0.4, -0.2) is 35.0 Å². The van der Waals surface area contributed by atoms with Gasteiger partial charge in [-0.05, 0) is 60.4 Å². The molecule has 1 aromatic carbocycles. The smallest absolute Gasteiger partial charge is 0.293 e. The molecule has 1 saturated heterocycles. The van der Waals surface area contributed by atoms with Gasteiger partial charge in [0.1, 0.15) is 0 Å². The Kier molecular flexibility index (Phi) is 5.34. The normalized spacial score (nSPS) is 28.4. The zero-order chi connectivity index (χ0) is 18.8. The Bertz CT molecular complexity index is 777. The SMILES string of the molecule is O=C(C[C@@H]1C[C@H]2CC[C@@H]1C2)NCCN1C(=O)S/C(=C\c2ccccc2)C1=O. The van der Waals surface area contributed by atoms with Crippen molar-refractivity contribution in [3.63, 3.8) is 0 Å². The number of nitrogens with one attached hydrogen (secondary N) is 1. The molecule has 4 rings (SSSR count). The first kappa shape index (κ1) is 18.3. The van der Waals surface area contributed by atoms with Crippen LogP contribution in [0.15, 0.2) is 35.2 Å². The topological polar surface area (TPSA) is 66.5 Å². The molecule has 3 amide bonds. The molecule has 3 atom stereocenters. The molecule has 1 N–H and O–H groups in total. The van der Waals surface area contributed by atoms with Gasteiger partial charge in [-0.25, -0.2) is 0 Å². The summed E-state index contributed by atoms with van der Waals surface area (Å²) in [6.07, 6.45) is 7.40. The Balaban J connectivity index is 1.26. The second-order valence-electron chi connectivity index (χ2n) is 7.73. The van der Waals surface area contributed by atoms with Gasteiger partial charge in [0.25, 0.3) is 11.1 Å². The standard InChI is InChI=1S/C21H24N2O3S/c24-19(13-17-11-15-6-7-16(17)10-15)22-8-9-23-20(25)18(27-21(23)26)12-14-4-2-1-3-5-14/h1-5,12,15-17H,6-11,13H2,(H,22,24)/b18-12-/t15-,16+,17-/m0/s1. The third-order valence-electron chi connectivity index (χ3n) is 5.96. The maximum Gasteiger partial charge on any atom is 0.293 e. The Morgan fingerprint density at radius 3 is 2.70 bits per heavy atom. The number of carbonyl (C=O) groups excluding carboxylic acids is 3. The van der Waals surface area contributed by atoms with E-state index >= 15 is 0 Å². The first-order valence-electron chi connectivity index (χ1n) is 9.67. The van der Waals surface area contributed by atoms with E-state index in [0.29, 0.717) is 23.8 Å². The number of hydrogen-bond acceptors (Lipinski definition) is 4. The summed E-state index contributed by atoms with van der Waals surface area (Å²) in [6.45, 7) is 0.537. The van der Waals surface area contributed by atoms with E-state index in [4.69, 9.17) is 0 Å². The fourth-order valence-electron chi connectivity index (χ4n) is 4.64. The van der Waals surface area contributed by atoms with Crippen LogP contribution < -0.4 is 5.32 Å². The average molecular weight is 385 g/mol. The molecule has 1 heterocycles. The molecule has 2 bridgehead atoms. The van der Waals surface area contributed by atoms with Gasteiger partial charge >= 0.3 is 0 Å². The first-order valence-corrected chi connectivity index (χ1v) is 10.5. The van der Waals surface area contributed by atoms with Crippen LogP contribution in [0, 0.1) is 17.8 Å². The largest absolute Gasteiger partial charge is 0.354 e. The lowest BCUT2D eigenvalue weighted by Crippen LogP contribution is -2.38. The molecule has 0 unspecified atom stereocenters. The number of nitrogens with zero attached hydrogens (tertiary/aromatic N) is 1. The van der Waals surface area contributed by atoms with Crippen molar-refractivity contribution >= 4 is 34.9 Å². The highest BCUT2D eigenvalue weighted by molar-refractivity contribution is 8.18. The fourth-order valence-corrected chi connectivity index (χ4v) is 5.50. The number of carbonyl (C=O) groups is 3. The maximum atomic E-state index is 12.5. The second-order valence-corrected chi connectivity index (χ2v) is 8.73. The monoisotopic (exact) mass is 384 g/mol. The minimum Gasteiger partial charge on any atom is -0.354 e. The van der Waals surface area contributed by atoms with Crippen LogP contribution in [0.2, 0.25) is 0 Å². The summed E-state index contributed by atoms with van der Waals surface area (Å²) in [7, 11) is 0. The number of rotatable bonds is 6. The van der Waals surface area contributed by atoms with E-state index in [2.05, 4.69) is 5.32 Å². The average Bonchev–Trinajstić information content (AvgIpc) is 3.34. The van der Waals surface area contributed by atoms with Gasteiger partial charge in [-0.1, -0.05) is 36.8 Å². The third-order valence-corrected chi connectivity index (χ3v) is 6.87. The minimum absolute atomic E-state index is 0.0411. The van der Waals surface area contributed by atoms with E-state index in [9.17, 15) is 14.4 Å². The summed E-state index contributed by atoms with van der Waals surface area (Å²) >= 11 is 0.956. The van der Waals surface area contributed by atoms with Gasteiger partial charge in [-0.2, -0.15) is 0 Å². The van der Waals surface area contributed by atoms with Gasteiger partial charge in [-0.15, -0.1) is 0 Å². The highest BCUT2D eigenvalue weighted by Gasteiger charge is 2.40. The molecule has 1 aromatic rings. The molecule has 6 heteroatoms. The van der Waals surface area contributed by atoms with Crippen LogP contribution in [0.4, 0.5) is 4.79 Å². The molecular formula is C21H24N2O3S.